The van der Waals surface area contributed by atoms with Gasteiger partial charge in [0.25, 0.3) is 0 Å². The molecule has 1 N–H and O–H groups in total. The number of nitrogens with one attached hydrogen (secondary N) is 1. The van der Waals surface area contributed by atoms with Gasteiger partial charge in [0.1, 0.15) is 0 Å². The number of hydrogen-bond acceptors (Lipinski definition) is 4. The summed E-state index contributed by atoms with van der Waals surface area (Å²) in [5, 5.41) is 11.8. The zero-order valence-electron chi connectivity index (χ0n) is 10.8. The predicted octanol–water partition coefficient (Wildman–Crippen LogP) is 1.36. The summed E-state index contributed by atoms with van der Waals surface area (Å²) in [5.41, 5.74) is 2.18. The van der Waals surface area contributed by atoms with Gasteiger partial charge in [-0.2, -0.15) is 10.2 Å². The first-order valence-electron chi connectivity index (χ1n) is 6.08. The number of aryl methyl sites for hydroxylation is 1. The van der Waals surface area contributed by atoms with Gasteiger partial charge in [0.15, 0.2) is 0 Å². The Morgan fingerprint density at radius 1 is 1.22 bits per heavy atom. The third kappa shape index (κ3) is 3.33. The largest absolute Gasteiger partial charge is 0.383 e. The highest BCUT2D eigenvalue weighted by atomic mass is 16.5. The van der Waals surface area contributed by atoms with Gasteiger partial charge >= 0.3 is 0 Å². The van der Waals surface area contributed by atoms with Gasteiger partial charge in [0.05, 0.1) is 31.2 Å². The van der Waals surface area contributed by atoms with E-state index in [1.54, 1.807) is 7.11 Å². The van der Waals surface area contributed by atoms with E-state index in [4.69, 9.17) is 4.74 Å². The summed E-state index contributed by atoms with van der Waals surface area (Å²) in [4.78, 5) is 0. The van der Waals surface area contributed by atoms with Crippen LogP contribution >= 0.6 is 0 Å². The minimum Gasteiger partial charge on any atom is -0.383 e. The molecule has 0 aliphatic heterocycles. The lowest BCUT2D eigenvalue weighted by molar-refractivity contribution is 0.183. The normalized spacial score (nSPS) is 10.8. The average Bonchev–Trinajstić information content (AvgIpc) is 3.03. The SMILES string of the molecule is CCn1cc(CNc2cnn(CCOC)c2)cn1. The van der Waals surface area contributed by atoms with Crippen molar-refractivity contribution in [2.24, 2.45) is 0 Å². The molecule has 0 unspecified atom stereocenters. The standard InChI is InChI=1S/C12H19N5O/c1-3-16-9-11(7-14-16)6-13-12-8-15-17(10-12)4-5-18-2/h7-10,13H,3-6H2,1-2H3. The van der Waals surface area contributed by atoms with Gasteiger partial charge in [-0.15, -0.1) is 0 Å². The first-order valence-corrected chi connectivity index (χ1v) is 6.08. The van der Waals surface area contributed by atoms with Gasteiger partial charge in [-0.05, 0) is 6.92 Å². The van der Waals surface area contributed by atoms with E-state index in [2.05, 4.69) is 22.4 Å². The highest BCUT2D eigenvalue weighted by Crippen LogP contribution is 2.07. The van der Waals surface area contributed by atoms with Crippen LogP contribution in [-0.4, -0.2) is 33.3 Å². The third-order valence-electron chi connectivity index (χ3n) is 2.67. The van der Waals surface area contributed by atoms with Crippen LogP contribution in [0.15, 0.2) is 24.8 Å². The minimum absolute atomic E-state index is 0.671. The van der Waals surface area contributed by atoms with E-state index in [1.165, 1.54) is 5.56 Å². The molecule has 0 spiro atoms. The lowest BCUT2D eigenvalue weighted by atomic mass is 10.3. The van der Waals surface area contributed by atoms with Crippen LogP contribution in [0.1, 0.15) is 12.5 Å². The third-order valence-corrected chi connectivity index (χ3v) is 2.67. The molecule has 2 aromatic rings. The minimum atomic E-state index is 0.671. The first kappa shape index (κ1) is 12.6. The summed E-state index contributed by atoms with van der Waals surface area (Å²) < 4.78 is 8.79. The van der Waals surface area contributed by atoms with Crippen molar-refractivity contribution in [3.8, 4) is 0 Å². The van der Waals surface area contributed by atoms with E-state index in [-0.39, 0.29) is 0 Å². The van der Waals surface area contributed by atoms with Crippen molar-refractivity contribution >= 4 is 5.69 Å². The Morgan fingerprint density at radius 2 is 2.06 bits per heavy atom. The van der Waals surface area contributed by atoms with Crippen LogP contribution in [0.5, 0.6) is 0 Å². The van der Waals surface area contributed by atoms with Crippen molar-refractivity contribution in [1.29, 1.82) is 0 Å². The molecule has 6 nitrogen and oxygen atoms in total. The van der Waals surface area contributed by atoms with Crippen molar-refractivity contribution < 1.29 is 4.74 Å². The Bertz CT molecular complexity index is 476. The molecule has 6 heteroatoms. The molecular weight excluding hydrogens is 230 g/mol. The van der Waals surface area contributed by atoms with Crippen LogP contribution in [0.3, 0.4) is 0 Å². The molecule has 0 fully saturated rings. The summed E-state index contributed by atoms with van der Waals surface area (Å²) in [5.74, 6) is 0. The van der Waals surface area contributed by atoms with Crippen LogP contribution < -0.4 is 5.32 Å². The fraction of sp³-hybridized carbons (Fsp3) is 0.500. The monoisotopic (exact) mass is 249 g/mol. The lowest BCUT2D eigenvalue weighted by Crippen LogP contribution is -2.04. The zero-order valence-corrected chi connectivity index (χ0v) is 10.8. The summed E-state index contributed by atoms with van der Waals surface area (Å²) >= 11 is 0. The van der Waals surface area contributed by atoms with Gasteiger partial charge in [-0.1, -0.05) is 0 Å². The van der Waals surface area contributed by atoms with E-state index in [0.717, 1.165) is 25.3 Å². The Kier molecular flexibility index (Phi) is 4.35. The Hall–Kier alpha value is -1.82. The summed E-state index contributed by atoms with van der Waals surface area (Å²) in [7, 11) is 1.69. The molecule has 0 aromatic carbocycles. The van der Waals surface area contributed by atoms with Crippen LogP contribution in [0.2, 0.25) is 0 Å². The number of ether oxygens (including phenoxy) is 1. The lowest BCUT2D eigenvalue weighted by Gasteiger charge is -2.01. The van der Waals surface area contributed by atoms with E-state index >= 15 is 0 Å². The van der Waals surface area contributed by atoms with Crippen molar-refractivity contribution in [3.63, 3.8) is 0 Å². The predicted molar refractivity (Wildman–Crippen MR) is 69.3 cm³/mol. The Balaban J connectivity index is 1.84. The van der Waals surface area contributed by atoms with Gasteiger partial charge in [-0.25, -0.2) is 0 Å². The topological polar surface area (TPSA) is 56.9 Å². The molecule has 0 amide bonds. The molecule has 0 bridgehead atoms. The molecule has 2 rings (SSSR count). The average molecular weight is 249 g/mol. The van der Waals surface area contributed by atoms with Crippen molar-refractivity contribution in [3.05, 3.63) is 30.4 Å². The fourth-order valence-electron chi connectivity index (χ4n) is 1.64. The highest BCUT2D eigenvalue weighted by molar-refractivity contribution is 5.38. The molecular formula is C12H19N5O. The van der Waals surface area contributed by atoms with Gasteiger partial charge in [0.2, 0.25) is 0 Å². The first-order chi connectivity index (χ1) is 8.81. The molecule has 0 saturated carbocycles. The number of hydrogen-bond donors (Lipinski definition) is 1. The smallest absolute Gasteiger partial charge is 0.0729 e. The molecule has 18 heavy (non-hydrogen) atoms. The Morgan fingerprint density at radius 3 is 2.78 bits per heavy atom. The number of methoxy groups -OCH3 is 1. The van der Waals surface area contributed by atoms with E-state index in [1.807, 2.05) is 34.2 Å². The van der Waals surface area contributed by atoms with Crippen LogP contribution in [0.4, 0.5) is 5.69 Å². The second-order valence-electron chi connectivity index (χ2n) is 4.04. The fourth-order valence-corrected chi connectivity index (χ4v) is 1.64. The molecule has 0 radical (unpaired) electrons. The molecule has 0 saturated heterocycles. The maximum atomic E-state index is 5.01. The van der Waals surface area contributed by atoms with Crippen LogP contribution in [-0.2, 0) is 24.4 Å². The molecule has 0 aliphatic rings. The van der Waals surface area contributed by atoms with Crippen LogP contribution in [0, 0.1) is 0 Å². The summed E-state index contributed by atoms with van der Waals surface area (Å²) in [6, 6.07) is 0. The Labute approximate surface area is 107 Å². The van der Waals surface area contributed by atoms with E-state index < -0.39 is 0 Å². The number of rotatable bonds is 7. The van der Waals surface area contributed by atoms with Gasteiger partial charge < -0.3 is 10.1 Å². The molecule has 2 heterocycles. The van der Waals surface area contributed by atoms with Gasteiger partial charge in [-0.3, -0.25) is 9.36 Å². The number of aromatic nitrogens is 4. The van der Waals surface area contributed by atoms with Crippen molar-refractivity contribution in [2.75, 3.05) is 19.0 Å². The molecule has 2 aromatic heterocycles. The zero-order chi connectivity index (χ0) is 12.8. The number of nitrogens with zero attached hydrogens (tertiary/aromatic N) is 4. The van der Waals surface area contributed by atoms with Crippen LogP contribution in [0.25, 0.3) is 0 Å². The van der Waals surface area contributed by atoms with Crippen molar-refractivity contribution in [2.45, 2.75) is 26.6 Å². The van der Waals surface area contributed by atoms with Crippen molar-refractivity contribution in [1.82, 2.24) is 19.6 Å². The summed E-state index contributed by atoms with van der Waals surface area (Å²) in [6.07, 6.45) is 7.72. The quantitative estimate of drug-likeness (QED) is 0.805. The molecule has 98 valence electrons. The number of anilines is 1. The second-order valence-corrected chi connectivity index (χ2v) is 4.04. The molecule has 0 aliphatic carbocycles. The molecule has 0 atom stereocenters. The maximum Gasteiger partial charge on any atom is 0.0729 e. The summed E-state index contributed by atoms with van der Waals surface area (Å²) in [6.45, 7) is 5.17. The van der Waals surface area contributed by atoms with E-state index in [9.17, 15) is 0 Å². The highest BCUT2D eigenvalue weighted by Gasteiger charge is 2.00. The van der Waals surface area contributed by atoms with E-state index in [0.29, 0.717) is 6.61 Å². The maximum absolute atomic E-state index is 5.01. The second kappa shape index (κ2) is 6.20. The van der Waals surface area contributed by atoms with Gasteiger partial charge in [0, 0.05) is 38.2 Å².